The van der Waals surface area contributed by atoms with Gasteiger partial charge in [0.25, 0.3) is 0 Å². The summed E-state index contributed by atoms with van der Waals surface area (Å²) in [7, 11) is 0. The van der Waals surface area contributed by atoms with Crippen molar-refractivity contribution in [3.63, 3.8) is 0 Å². The summed E-state index contributed by atoms with van der Waals surface area (Å²) < 4.78 is 0. The highest BCUT2D eigenvalue weighted by Crippen LogP contribution is 2.27. The maximum atomic E-state index is 11.3. The van der Waals surface area contributed by atoms with Gasteiger partial charge in [-0.3, -0.25) is 0 Å². The molecular weight excluding hydrogens is 248 g/mol. The summed E-state index contributed by atoms with van der Waals surface area (Å²) >= 11 is 1.56. The molecular formula is C13H16N2O2S. The minimum absolute atomic E-state index is 0.141. The Morgan fingerprint density at radius 1 is 1.39 bits per heavy atom. The molecule has 4 nitrogen and oxygen atoms in total. The van der Waals surface area contributed by atoms with E-state index in [-0.39, 0.29) is 5.69 Å². The van der Waals surface area contributed by atoms with Crippen LogP contribution in [-0.2, 0) is 12.8 Å². The zero-order chi connectivity index (χ0) is 13.1. The van der Waals surface area contributed by atoms with Crippen molar-refractivity contribution < 1.29 is 9.90 Å². The van der Waals surface area contributed by atoms with Crippen molar-refractivity contribution in [2.75, 3.05) is 0 Å². The predicted molar refractivity (Wildman–Crippen MR) is 72.4 cm³/mol. The molecule has 0 atom stereocenters. The number of hydrogen-bond donors (Lipinski definition) is 1. The van der Waals surface area contributed by atoms with Gasteiger partial charge >= 0.3 is 5.97 Å². The molecule has 0 amide bonds. The number of aromatic nitrogens is 2. The topological polar surface area (TPSA) is 63.1 Å². The molecule has 0 aliphatic carbocycles. The Bertz CT molecular complexity index is 578. The van der Waals surface area contributed by atoms with Crippen molar-refractivity contribution in [2.24, 2.45) is 0 Å². The van der Waals surface area contributed by atoms with Crippen molar-refractivity contribution in [1.29, 1.82) is 0 Å². The van der Waals surface area contributed by atoms with Crippen LogP contribution >= 0.6 is 11.3 Å². The molecule has 2 aromatic heterocycles. The van der Waals surface area contributed by atoms with E-state index >= 15 is 0 Å². The summed E-state index contributed by atoms with van der Waals surface area (Å²) in [6.45, 7) is 4.15. The van der Waals surface area contributed by atoms with Crippen molar-refractivity contribution >= 4 is 27.5 Å². The van der Waals surface area contributed by atoms with Crippen LogP contribution in [0, 0.1) is 0 Å². The monoisotopic (exact) mass is 264 g/mol. The minimum atomic E-state index is -0.972. The van der Waals surface area contributed by atoms with Gasteiger partial charge in [-0.15, -0.1) is 11.3 Å². The van der Waals surface area contributed by atoms with Gasteiger partial charge in [-0.2, -0.15) is 0 Å². The van der Waals surface area contributed by atoms with E-state index in [9.17, 15) is 9.90 Å². The van der Waals surface area contributed by atoms with Crippen LogP contribution in [0.25, 0.3) is 10.2 Å². The largest absolute Gasteiger partial charge is 0.476 e. The molecule has 0 fully saturated rings. The van der Waals surface area contributed by atoms with Crippen LogP contribution in [0.3, 0.4) is 0 Å². The molecule has 0 spiro atoms. The van der Waals surface area contributed by atoms with E-state index in [1.165, 1.54) is 0 Å². The van der Waals surface area contributed by atoms with Crippen LogP contribution in [0.15, 0.2) is 6.07 Å². The maximum Gasteiger partial charge on any atom is 0.355 e. The molecule has 18 heavy (non-hydrogen) atoms. The van der Waals surface area contributed by atoms with Gasteiger partial charge in [0.2, 0.25) is 0 Å². The quantitative estimate of drug-likeness (QED) is 0.900. The molecule has 0 aliphatic rings. The van der Waals surface area contributed by atoms with Crippen LogP contribution in [0.4, 0.5) is 0 Å². The van der Waals surface area contributed by atoms with Gasteiger partial charge in [-0.25, -0.2) is 14.8 Å². The number of carboxylic acids is 1. The van der Waals surface area contributed by atoms with Crippen LogP contribution in [0.2, 0.25) is 0 Å². The highest BCUT2D eigenvalue weighted by atomic mass is 32.1. The number of unbranched alkanes of at least 4 members (excludes halogenated alkanes) is 1. The molecule has 0 saturated heterocycles. The fraction of sp³-hybridized carbons (Fsp3) is 0.462. The van der Waals surface area contributed by atoms with Gasteiger partial charge in [-0.1, -0.05) is 20.3 Å². The van der Waals surface area contributed by atoms with E-state index < -0.39 is 5.97 Å². The minimum Gasteiger partial charge on any atom is -0.476 e. The van der Waals surface area contributed by atoms with Crippen LogP contribution in [0.1, 0.15) is 47.9 Å². The fourth-order valence-corrected chi connectivity index (χ4v) is 2.79. The Labute approximate surface area is 110 Å². The summed E-state index contributed by atoms with van der Waals surface area (Å²) in [4.78, 5) is 21.8. The zero-order valence-electron chi connectivity index (χ0n) is 10.6. The Balaban J connectivity index is 2.53. The first-order valence-corrected chi connectivity index (χ1v) is 7.00. The van der Waals surface area contributed by atoms with Gasteiger partial charge in [0.15, 0.2) is 5.69 Å². The van der Waals surface area contributed by atoms with Crippen molar-refractivity contribution in [3.05, 3.63) is 22.5 Å². The SMILES string of the molecule is CCCCc1nc(C(=O)O)c2cc(CC)sc2n1. The first-order chi connectivity index (χ1) is 8.65. The van der Waals surface area contributed by atoms with Gasteiger partial charge in [0.1, 0.15) is 10.7 Å². The lowest BCUT2D eigenvalue weighted by Gasteiger charge is -2.01. The van der Waals surface area contributed by atoms with E-state index in [4.69, 9.17) is 0 Å². The number of aromatic carboxylic acids is 1. The van der Waals surface area contributed by atoms with E-state index in [1.54, 1.807) is 11.3 Å². The maximum absolute atomic E-state index is 11.3. The number of carboxylic acid groups (broad SMARTS) is 1. The number of thiophene rings is 1. The normalized spacial score (nSPS) is 11.0. The first kappa shape index (κ1) is 13.0. The summed E-state index contributed by atoms with van der Waals surface area (Å²) in [5.74, 6) is -0.327. The number of aryl methyl sites for hydroxylation is 2. The van der Waals surface area contributed by atoms with E-state index in [0.717, 1.165) is 35.4 Å². The van der Waals surface area contributed by atoms with Crippen LogP contribution < -0.4 is 0 Å². The van der Waals surface area contributed by atoms with Gasteiger partial charge in [0, 0.05) is 16.7 Å². The fourth-order valence-electron chi connectivity index (χ4n) is 1.80. The molecule has 0 aliphatic heterocycles. The van der Waals surface area contributed by atoms with Crippen molar-refractivity contribution in [1.82, 2.24) is 9.97 Å². The second-order valence-corrected chi connectivity index (χ2v) is 5.30. The third-order valence-electron chi connectivity index (χ3n) is 2.80. The molecule has 5 heteroatoms. The predicted octanol–water partition coefficient (Wildman–Crippen LogP) is 3.29. The number of carbonyl (C=O) groups is 1. The number of fused-ring (bicyclic) bond motifs is 1. The number of hydrogen-bond acceptors (Lipinski definition) is 4. The van der Waals surface area contributed by atoms with Crippen molar-refractivity contribution in [2.45, 2.75) is 39.5 Å². The smallest absolute Gasteiger partial charge is 0.355 e. The van der Waals surface area contributed by atoms with E-state index in [0.29, 0.717) is 11.2 Å². The summed E-state index contributed by atoms with van der Waals surface area (Å²) in [6.07, 6.45) is 3.67. The molecule has 0 radical (unpaired) electrons. The molecule has 2 aromatic rings. The van der Waals surface area contributed by atoms with E-state index in [2.05, 4.69) is 23.8 Å². The van der Waals surface area contributed by atoms with Crippen LogP contribution in [0.5, 0.6) is 0 Å². The highest BCUT2D eigenvalue weighted by molar-refractivity contribution is 7.18. The second-order valence-electron chi connectivity index (χ2n) is 4.18. The lowest BCUT2D eigenvalue weighted by atomic mass is 10.2. The Morgan fingerprint density at radius 3 is 2.78 bits per heavy atom. The van der Waals surface area contributed by atoms with Crippen molar-refractivity contribution in [3.8, 4) is 0 Å². The van der Waals surface area contributed by atoms with Gasteiger partial charge in [0.05, 0.1) is 0 Å². The lowest BCUT2D eigenvalue weighted by Crippen LogP contribution is -2.05. The number of rotatable bonds is 5. The molecule has 0 unspecified atom stereocenters. The standard InChI is InChI=1S/C13H16N2O2S/c1-3-5-6-10-14-11(13(16)17)9-7-8(4-2)18-12(9)15-10/h7H,3-6H2,1-2H3,(H,16,17). The first-order valence-electron chi connectivity index (χ1n) is 6.18. The molecule has 2 rings (SSSR count). The summed E-state index contributed by atoms with van der Waals surface area (Å²) in [5.41, 5.74) is 0.141. The Kier molecular flexibility index (Phi) is 3.91. The Hall–Kier alpha value is -1.49. The molecule has 0 bridgehead atoms. The highest BCUT2D eigenvalue weighted by Gasteiger charge is 2.16. The molecule has 96 valence electrons. The molecule has 0 aromatic carbocycles. The average molecular weight is 264 g/mol. The molecule has 1 N–H and O–H groups in total. The average Bonchev–Trinajstić information content (AvgIpc) is 2.77. The molecule has 2 heterocycles. The Morgan fingerprint density at radius 2 is 2.17 bits per heavy atom. The summed E-state index contributed by atoms with van der Waals surface area (Å²) in [6, 6.07) is 1.90. The second kappa shape index (κ2) is 5.44. The lowest BCUT2D eigenvalue weighted by molar-refractivity contribution is 0.0692. The molecule has 0 saturated carbocycles. The summed E-state index contributed by atoms with van der Waals surface area (Å²) in [5, 5.41) is 9.90. The third kappa shape index (κ3) is 2.51. The third-order valence-corrected chi connectivity index (χ3v) is 3.97. The van der Waals surface area contributed by atoms with Gasteiger partial charge in [-0.05, 0) is 18.9 Å². The zero-order valence-corrected chi connectivity index (χ0v) is 11.4. The van der Waals surface area contributed by atoms with Crippen LogP contribution in [-0.4, -0.2) is 21.0 Å². The van der Waals surface area contributed by atoms with Gasteiger partial charge < -0.3 is 5.11 Å². The number of nitrogens with zero attached hydrogens (tertiary/aromatic N) is 2. The van der Waals surface area contributed by atoms with E-state index in [1.807, 2.05) is 6.07 Å².